The molecule has 236 valence electrons. The van der Waals surface area contributed by atoms with Gasteiger partial charge in [-0.25, -0.2) is 0 Å². The summed E-state index contributed by atoms with van der Waals surface area (Å²) in [5, 5.41) is 9.73. The summed E-state index contributed by atoms with van der Waals surface area (Å²) in [6.07, 6.45) is 12.7. The highest BCUT2D eigenvalue weighted by Gasteiger charge is 2.18. The van der Waals surface area contributed by atoms with Crippen molar-refractivity contribution < 1.29 is 19.3 Å². The summed E-state index contributed by atoms with van der Waals surface area (Å²) in [6, 6.07) is 17.6. The Morgan fingerprint density at radius 1 is 0.644 bits per heavy atom. The summed E-state index contributed by atoms with van der Waals surface area (Å²) in [7, 11) is 3.18. The van der Waals surface area contributed by atoms with Crippen LogP contribution in [0.1, 0.15) is 59.6 Å². The SMILES string of the molecule is COc1ccc(/C=C/n2c(C)cc(=O)cc2C)cc1O.COc1ccc(/C=C/n2c(C)cc(=O)cc2C)cc1OC1CCCC1. The van der Waals surface area contributed by atoms with E-state index in [1.165, 1.54) is 20.0 Å². The molecule has 1 fully saturated rings. The predicted octanol–water partition coefficient (Wildman–Crippen LogP) is 7.23. The Morgan fingerprint density at radius 3 is 1.53 bits per heavy atom. The van der Waals surface area contributed by atoms with E-state index < -0.39 is 0 Å². The first-order chi connectivity index (χ1) is 21.6. The van der Waals surface area contributed by atoms with Crippen molar-refractivity contribution in [2.24, 2.45) is 0 Å². The van der Waals surface area contributed by atoms with Crippen LogP contribution in [-0.4, -0.2) is 34.6 Å². The fourth-order valence-electron chi connectivity index (χ4n) is 5.42. The number of pyridine rings is 2. The Balaban J connectivity index is 0.000000210. The molecular formula is C37H42N2O6. The van der Waals surface area contributed by atoms with Crippen LogP contribution in [0.5, 0.6) is 23.0 Å². The van der Waals surface area contributed by atoms with Crippen molar-refractivity contribution in [2.45, 2.75) is 59.5 Å². The Morgan fingerprint density at radius 2 is 1.09 bits per heavy atom. The molecule has 0 radical (unpaired) electrons. The minimum absolute atomic E-state index is 0.00624. The number of ether oxygens (including phenoxy) is 3. The largest absolute Gasteiger partial charge is 0.504 e. The predicted molar refractivity (Wildman–Crippen MR) is 181 cm³/mol. The van der Waals surface area contributed by atoms with Crippen LogP contribution in [0.2, 0.25) is 0 Å². The number of benzene rings is 2. The molecule has 2 aromatic heterocycles. The van der Waals surface area contributed by atoms with Crippen LogP contribution in [0, 0.1) is 27.7 Å². The fourth-order valence-corrected chi connectivity index (χ4v) is 5.42. The second-order valence-corrected chi connectivity index (χ2v) is 11.2. The molecule has 0 aliphatic heterocycles. The van der Waals surface area contributed by atoms with Gasteiger partial charge in [0.2, 0.25) is 0 Å². The quantitative estimate of drug-likeness (QED) is 0.226. The van der Waals surface area contributed by atoms with Gasteiger partial charge in [-0.05, 0) is 101 Å². The van der Waals surface area contributed by atoms with E-state index in [2.05, 4.69) is 0 Å². The molecule has 1 N–H and O–H groups in total. The lowest BCUT2D eigenvalue weighted by molar-refractivity contribution is 0.201. The third kappa shape index (κ3) is 8.79. The van der Waals surface area contributed by atoms with Crippen molar-refractivity contribution in [1.82, 2.24) is 9.13 Å². The third-order valence-corrected chi connectivity index (χ3v) is 7.74. The molecule has 2 heterocycles. The van der Waals surface area contributed by atoms with Crippen molar-refractivity contribution in [1.29, 1.82) is 0 Å². The molecule has 45 heavy (non-hydrogen) atoms. The molecular weight excluding hydrogens is 568 g/mol. The van der Waals surface area contributed by atoms with Gasteiger partial charge in [0.25, 0.3) is 0 Å². The number of hydrogen-bond donors (Lipinski definition) is 1. The Labute approximate surface area is 264 Å². The minimum Gasteiger partial charge on any atom is -0.504 e. The number of nitrogens with zero attached hydrogens (tertiary/aromatic N) is 2. The zero-order chi connectivity index (χ0) is 32.5. The van der Waals surface area contributed by atoms with E-state index >= 15 is 0 Å². The van der Waals surface area contributed by atoms with Crippen molar-refractivity contribution >= 4 is 24.6 Å². The van der Waals surface area contributed by atoms with Crippen molar-refractivity contribution in [3.8, 4) is 23.0 Å². The van der Waals surface area contributed by atoms with Gasteiger partial charge in [0.15, 0.2) is 33.9 Å². The summed E-state index contributed by atoms with van der Waals surface area (Å²) in [5.41, 5.74) is 5.48. The molecule has 1 aliphatic carbocycles. The number of methoxy groups -OCH3 is 2. The first kappa shape index (κ1) is 32.9. The lowest BCUT2D eigenvalue weighted by Crippen LogP contribution is -2.11. The molecule has 0 spiro atoms. The van der Waals surface area contributed by atoms with Crippen LogP contribution in [0.3, 0.4) is 0 Å². The molecule has 8 nitrogen and oxygen atoms in total. The number of aromatic nitrogens is 2. The van der Waals surface area contributed by atoms with Crippen molar-refractivity contribution in [3.05, 3.63) is 115 Å². The van der Waals surface area contributed by atoms with Gasteiger partial charge < -0.3 is 28.5 Å². The standard InChI is InChI=1S/C21H25NO3.C16H17NO3/c1-15-12-18(23)13-16(2)22(15)11-10-17-8-9-20(24-3)21(14-17)25-19-6-4-5-7-19;1-11-8-14(18)9-12(2)17(11)7-6-13-4-5-16(20-3)15(19)10-13/h8-14,19H,4-7H2,1-3H3;4-10,19H,1-3H3/b11-10+;7-6+. The molecule has 0 bridgehead atoms. The van der Waals surface area contributed by atoms with Gasteiger partial charge in [0, 0.05) is 59.4 Å². The van der Waals surface area contributed by atoms with E-state index in [4.69, 9.17) is 14.2 Å². The van der Waals surface area contributed by atoms with E-state index in [1.807, 2.05) is 85.6 Å². The van der Waals surface area contributed by atoms with Gasteiger partial charge in [-0.2, -0.15) is 0 Å². The number of rotatable bonds is 8. The van der Waals surface area contributed by atoms with Gasteiger partial charge >= 0.3 is 0 Å². The van der Waals surface area contributed by atoms with E-state index in [-0.39, 0.29) is 22.7 Å². The van der Waals surface area contributed by atoms with Crippen LogP contribution in [0.25, 0.3) is 24.6 Å². The number of aryl methyl sites for hydroxylation is 4. The topological polar surface area (TPSA) is 91.9 Å². The highest BCUT2D eigenvalue weighted by atomic mass is 16.5. The lowest BCUT2D eigenvalue weighted by atomic mass is 10.2. The first-order valence-corrected chi connectivity index (χ1v) is 15.1. The average molecular weight is 611 g/mol. The molecule has 0 unspecified atom stereocenters. The molecule has 4 aromatic rings. The molecule has 0 atom stereocenters. The van der Waals surface area contributed by atoms with Crippen molar-refractivity contribution in [2.75, 3.05) is 14.2 Å². The van der Waals surface area contributed by atoms with Gasteiger partial charge in [-0.3, -0.25) is 9.59 Å². The van der Waals surface area contributed by atoms with Gasteiger partial charge in [0.1, 0.15) is 0 Å². The summed E-state index contributed by atoms with van der Waals surface area (Å²) < 4.78 is 20.5. The minimum atomic E-state index is 0.00624. The van der Waals surface area contributed by atoms with Crippen LogP contribution >= 0.6 is 0 Å². The highest BCUT2D eigenvalue weighted by molar-refractivity contribution is 5.65. The summed E-state index contributed by atoms with van der Waals surface area (Å²) in [6.45, 7) is 7.62. The molecule has 0 saturated heterocycles. The van der Waals surface area contributed by atoms with Gasteiger partial charge in [-0.15, -0.1) is 0 Å². The zero-order valence-electron chi connectivity index (χ0n) is 26.9. The maximum atomic E-state index is 11.5. The van der Waals surface area contributed by atoms with E-state index in [0.717, 1.165) is 58.2 Å². The molecule has 8 heteroatoms. The van der Waals surface area contributed by atoms with Crippen LogP contribution < -0.4 is 25.1 Å². The highest BCUT2D eigenvalue weighted by Crippen LogP contribution is 2.33. The number of hydrogen-bond acceptors (Lipinski definition) is 6. The maximum Gasteiger partial charge on any atom is 0.182 e. The number of phenolic OH excluding ortho intramolecular Hbond substituents is 1. The van der Waals surface area contributed by atoms with Gasteiger partial charge in [0.05, 0.1) is 20.3 Å². The lowest BCUT2D eigenvalue weighted by Gasteiger charge is -2.16. The van der Waals surface area contributed by atoms with Crippen LogP contribution in [-0.2, 0) is 0 Å². The second-order valence-electron chi connectivity index (χ2n) is 11.2. The molecule has 2 aromatic carbocycles. The normalized spacial score (nSPS) is 13.2. The first-order valence-electron chi connectivity index (χ1n) is 15.1. The molecule has 1 aliphatic rings. The zero-order valence-corrected chi connectivity index (χ0v) is 26.9. The Bertz CT molecular complexity index is 1760. The van der Waals surface area contributed by atoms with Crippen LogP contribution in [0.15, 0.2) is 70.3 Å². The monoisotopic (exact) mass is 610 g/mol. The summed E-state index contributed by atoms with van der Waals surface area (Å²) >= 11 is 0. The third-order valence-electron chi connectivity index (χ3n) is 7.74. The van der Waals surface area contributed by atoms with E-state index in [9.17, 15) is 14.7 Å². The molecule has 1 saturated carbocycles. The van der Waals surface area contributed by atoms with Crippen molar-refractivity contribution in [3.63, 3.8) is 0 Å². The molecule has 0 amide bonds. The van der Waals surface area contributed by atoms with E-state index in [1.54, 1.807) is 43.5 Å². The summed E-state index contributed by atoms with van der Waals surface area (Å²) in [5.74, 6) is 2.10. The molecule has 5 rings (SSSR count). The Hall–Kier alpha value is -4.98. The summed E-state index contributed by atoms with van der Waals surface area (Å²) in [4.78, 5) is 22.9. The Kier molecular flexibility index (Phi) is 11.1. The number of aromatic hydroxyl groups is 1. The van der Waals surface area contributed by atoms with E-state index in [0.29, 0.717) is 5.75 Å². The average Bonchev–Trinajstić information content (AvgIpc) is 3.50. The smallest absolute Gasteiger partial charge is 0.182 e. The second kappa shape index (κ2) is 15.1. The fraction of sp³-hybridized carbons (Fsp3) is 0.297. The number of phenols is 1. The van der Waals surface area contributed by atoms with Crippen LogP contribution in [0.4, 0.5) is 0 Å². The van der Waals surface area contributed by atoms with Gasteiger partial charge in [-0.1, -0.05) is 12.1 Å². The maximum absolute atomic E-state index is 11.5.